The molecule has 1 atom stereocenters. The summed E-state index contributed by atoms with van der Waals surface area (Å²) in [5, 5.41) is 14.5. The molecular weight excluding hydrogens is 244 g/mol. The fourth-order valence-electron chi connectivity index (χ4n) is 1.46. The lowest BCUT2D eigenvalue weighted by Crippen LogP contribution is -2.44. The van der Waals surface area contributed by atoms with Gasteiger partial charge in [-0.2, -0.15) is 0 Å². The van der Waals surface area contributed by atoms with Crippen molar-refractivity contribution >= 4 is 12.2 Å². The number of benzene rings is 1. The van der Waals surface area contributed by atoms with E-state index in [1.807, 2.05) is 13.8 Å². The van der Waals surface area contributed by atoms with Crippen LogP contribution in [0.25, 0.3) is 0 Å². The minimum absolute atomic E-state index is 0.0204. The summed E-state index contributed by atoms with van der Waals surface area (Å²) in [6, 6.07) is 6.27. The molecule has 0 bridgehead atoms. The molecule has 0 aromatic heterocycles. The molecule has 0 spiro atoms. The Labute approximate surface area is 114 Å². The largest absolute Gasteiger partial charge is 0.508 e. The Morgan fingerprint density at radius 1 is 1.32 bits per heavy atom. The summed E-state index contributed by atoms with van der Waals surface area (Å²) in [6.45, 7) is 4.02. The second-order valence-electron chi connectivity index (χ2n) is 3.62. The van der Waals surface area contributed by atoms with Gasteiger partial charge in [0.1, 0.15) is 12.0 Å². The molecule has 5 nitrogen and oxygen atoms in total. The van der Waals surface area contributed by atoms with Crippen molar-refractivity contribution in [2.75, 3.05) is 13.6 Å². The Hall–Kier alpha value is -1.88. The molecule has 0 aliphatic carbocycles. The number of likely N-dealkylation sites (N-methyl/N-ethyl adjacent to an activating group) is 1. The summed E-state index contributed by atoms with van der Waals surface area (Å²) < 4.78 is 0. The van der Waals surface area contributed by atoms with Crippen LogP contribution in [0, 0.1) is 0 Å². The van der Waals surface area contributed by atoms with E-state index >= 15 is 0 Å². The molecule has 5 heteroatoms. The minimum Gasteiger partial charge on any atom is -0.508 e. The number of aldehydes is 1. The van der Waals surface area contributed by atoms with Crippen LogP contribution in [0.2, 0.25) is 0 Å². The molecule has 19 heavy (non-hydrogen) atoms. The highest BCUT2D eigenvalue weighted by molar-refractivity contribution is 5.83. The van der Waals surface area contributed by atoms with Gasteiger partial charge in [0.15, 0.2) is 0 Å². The van der Waals surface area contributed by atoms with Crippen molar-refractivity contribution < 1.29 is 14.7 Å². The molecule has 106 valence electrons. The van der Waals surface area contributed by atoms with Gasteiger partial charge < -0.3 is 20.5 Å². The minimum atomic E-state index is -0.389. The van der Waals surface area contributed by atoms with E-state index in [1.165, 1.54) is 0 Å². The van der Waals surface area contributed by atoms with Gasteiger partial charge >= 0.3 is 0 Å². The fourth-order valence-corrected chi connectivity index (χ4v) is 1.46. The molecule has 3 N–H and O–H groups in total. The monoisotopic (exact) mass is 266 g/mol. The first kappa shape index (κ1) is 17.1. The quantitative estimate of drug-likeness (QED) is 0.667. The lowest BCUT2D eigenvalue weighted by atomic mass is 10.1. The Morgan fingerprint density at radius 3 is 2.37 bits per heavy atom. The van der Waals surface area contributed by atoms with Gasteiger partial charge in [-0.1, -0.05) is 26.0 Å². The maximum Gasteiger partial charge on any atom is 0.237 e. The highest BCUT2D eigenvalue weighted by Gasteiger charge is 2.15. The Kier molecular flexibility index (Phi) is 9.08. The number of hydrogen-bond donors (Lipinski definition) is 3. The van der Waals surface area contributed by atoms with Crippen molar-refractivity contribution in [3.05, 3.63) is 29.8 Å². The number of hydrogen-bond acceptors (Lipinski definition) is 4. The van der Waals surface area contributed by atoms with Gasteiger partial charge in [0.25, 0.3) is 0 Å². The standard InChI is InChI=1S/C12H16N2O3.C2H6/c1-13-11(12(17)14-6-7-15)8-9-2-4-10(16)5-3-9;1-2/h2-5,7,11,13,16H,6,8H2,1H3,(H,14,17);1-2H3/t11-;/m0./s1. The molecule has 1 aromatic rings. The Bertz CT molecular complexity index is 377. The topological polar surface area (TPSA) is 78.4 Å². The van der Waals surface area contributed by atoms with E-state index in [4.69, 9.17) is 5.11 Å². The molecule has 0 aliphatic rings. The van der Waals surface area contributed by atoms with Gasteiger partial charge in [-0.25, -0.2) is 0 Å². The normalized spacial score (nSPS) is 10.9. The average Bonchev–Trinajstić information content (AvgIpc) is 2.46. The summed E-state index contributed by atoms with van der Waals surface area (Å²) in [7, 11) is 1.69. The number of rotatable bonds is 6. The first-order chi connectivity index (χ1) is 9.17. The van der Waals surface area contributed by atoms with E-state index in [1.54, 1.807) is 31.3 Å². The molecule has 1 amide bonds. The second-order valence-corrected chi connectivity index (χ2v) is 3.62. The highest BCUT2D eigenvalue weighted by atomic mass is 16.3. The first-order valence-electron chi connectivity index (χ1n) is 6.34. The van der Waals surface area contributed by atoms with E-state index in [-0.39, 0.29) is 24.2 Å². The summed E-state index contributed by atoms with van der Waals surface area (Å²) in [5.74, 6) is -0.0205. The van der Waals surface area contributed by atoms with Crippen LogP contribution >= 0.6 is 0 Å². The van der Waals surface area contributed by atoms with Gasteiger partial charge in [0, 0.05) is 0 Å². The number of phenols is 1. The number of nitrogens with one attached hydrogen (secondary N) is 2. The lowest BCUT2D eigenvalue weighted by molar-refractivity contribution is -0.124. The summed E-state index contributed by atoms with van der Waals surface area (Å²) in [4.78, 5) is 21.8. The van der Waals surface area contributed by atoms with Crippen molar-refractivity contribution in [3.8, 4) is 5.75 Å². The average molecular weight is 266 g/mol. The molecule has 0 saturated carbocycles. The number of aromatic hydroxyl groups is 1. The molecule has 0 saturated heterocycles. The van der Waals surface area contributed by atoms with E-state index in [9.17, 15) is 9.59 Å². The number of amides is 1. The third-order valence-corrected chi connectivity index (χ3v) is 2.40. The van der Waals surface area contributed by atoms with Gasteiger partial charge in [-0.15, -0.1) is 0 Å². The zero-order valence-electron chi connectivity index (χ0n) is 11.6. The maximum atomic E-state index is 11.6. The molecule has 0 radical (unpaired) electrons. The number of carbonyl (C=O) groups is 2. The maximum absolute atomic E-state index is 11.6. The molecule has 0 unspecified atom stereocenters. The van der Waals surface area contributed by atoms with Crippen LogP contribution in [-0.2, 0) is 16.0 Å². The van der Waals surface area contributed by atoms with Crippen LogP contribution in [0.3, 0.4) is 0 Å². The molecule has 0 aliphatic heterocycles. The molecule has 0 fully saturated rings. The number of phenolic OH excluding ortho intramolecular Hbond substituents is 1. The van der Waals surface area contributed by atoms with Gasteiger partial charge in [-0.05, 0) is 31.2 Å². The van der Waals surface area contributed by atoms with E-state index < -0.39 is 0 Å². The zero-order chi connectivity index (χ0) is 14.7. The van der Waals surface area contributed by atoms with Crippen LogP contribution in [0.5, 0.6) is 5.75 Å². The fraction of sp³-hybridized carbons (Fsp3) is 0.429. The van der Waals surface area contributed by atoms with Crippen LogP contribution < -0.4 is 10.6 Å². The van der Waals surface area contributed by atoms with E-state index in [2.05, 4.69) is 10.6 Å². The second kappa shape index (κ2) is 10.1. The Balaban J connectivity index is 0.00000154. The van der Waals surface area contributed by atoms with Gasteiger partial charge in [-0.3, -0.25) is 4.79 Å². The Morgan fingerprint density at radius 2 is 1.89 bits per heavy atom. The molecular formula is C14H22N2O3. The third kappa shape index (κ3) is 6.57. The predicted molar refractivity (Wildman–Crippen MR) is 75.1 cm³/mol. The summed E-state index contributed by atoms with van der Waals surface area (Å²) in [5.41, 5.74) is 0.934. The van der Waals surface area contributed by atoms with E-state index in [0.717, 1.165) is 5.56 Å². The van der Waals surface area contributed by atoms with Gasteiger partial charge in [0.2, 0.25) is 5.91 Å². The van der Waals surface area contributed by atoms with Crippen molar-refractivity contribution in [1.82, 2.24) is 10.6 Å². The first-order valence-corrected chi connectivity index (χ1v) is 6.34. The van der Waals surface area contributed by atoms with Crippen LogP contribution in [0.4, 0.5) is 0 Å². The van der Waals surface area contributed by atoms with Crippen molar-refractivity contribution in [2.45, 2.75) is 26.3 Å². The van der Waals surface area contributed by atoms with Crippen LogP contribution in [0.15, 0.2) is 24.3 Å². The van der Waals surface area contributed by atoms with Crippen LogP contribution in [-0.4, -0.2) is 36.9 Å². The summed E-state index contributed by atoms with van der Waals surface area (Å²) in [6.07, 6.45) is 1.15. The van der Waals surface area contributed by atoms with Crippen LogP contribution in [0.1, 0.15) is 19.4 Å². The van der Waals surface area contributed by atoms with E-state index in [0.29, 0.717) is 12.7 Å². The SMILES string of the molecule is CC.CN[C@@H](Cc1ccc(O)cc1)C(=O)NCC=O. The lowest BCUT2D eigenvalue weighted by Gasteiger charge is -2.15. The third-order valence-electron chi connectivity index (χ3n) is 2.40. The van der Waals surface area contributed by atoms with Crippen molar-refractivity contribution in [2.24, 2.45) is 0 Å². The number of carbonyl (C=O) groups excluding carboxylic acids is 2. The molecule has 1 aromatic carbocycles. The summed E-state index contributed by atoms with van der Waals surface area (Å²) >= 11 is 0. The van der Waals surface area contributed by atoms with Crippen molar-refractivity contribution in [3.63, 3.8) is 0 Å². The van der Waals surface area contributed by atoms with Crippen molar-refractivity contribution in [1.29, 1.82) is 0 Å². The smallest absolute Gasteiger partial charge is 0.237 e. The zero-order valence-corrected chi connectivity index (χ0v) is 11.6. The van der Waals surface area contributed by atoms with Gasteiger partial charge in [0.05, 0.1) is 12.6 Å². The molecule has 1 rings (SSSR count). The molecule has 0 heterocycles. The predicted octanol–water partition coefficient (Wildman–Crippen LogP) is 0.864. The highest BCUT2D eigenvalue weighted by Crippen LogP contribution is 2.11.